The molecule has 2 aromatic rings. The zero-order chi connectivity index (χ0) is 15.9. The first-order chi connectivity index (χ1) is 9.64. The standard InChI is InChI=1S/C12H7O8S/c13-6-3-1-2-5-4-7(21(18,19)20)9(11(14)15)10(8(5)6)12(16)17/h1-3,13H,(H,14,15)(H,16,17)(H,18,19,20). The second-order valence-corrected chi connectivity index (χ2v) is 5.35. The Morgan fingerprint density at radius 3 is 2.10 bits per heavy atom. The SMILES string of the molecule is O=C(O)c1c(S(=O)(=O)O)[c]c2cccc(O)c2c1C(=O)O. The van der Waals surface area contributed by atoms with Crippen LogP contribution in [0.3, 0.4) is 0 Å². The number of carbonyl (C=O) groups is 2. The lowest BCUT2D eigenvalue weighted by Gasteiger charge is -2.11. The minimum absolute atomic E-state index is 0.162. The van der Waals surface area contributed by atoms with Crippen molar-refractivity contribution in [2.75, 3.05) is 0 Å². The van der Waals surface area contributed by atoms with Crippen molar-refractivity contribution >= 4 is 32.8 Å². The average molecular weight is 311 g/mol. The van der Waals surface area contributed by atoms with Crippen molar-refractivity contribution in [1.82, 2.24) is 0 Å². The third-order valence-corrected chi connectivity index (χ3v) is 3.53. The van der Waals surface area contributed by atoms with Crippen molar-refractivity contribution < 1.29 is 37.9 Å². The van der Waals surface area contributed by atoms with Crippen LogP contribution in [0.2, 0.25) is 0 Å². The molecule has 0 aliphatic carbocycles. The summed E-state index contributed by atoms with van der Waals surface area (Å²) in [5, 5.41) is 27.4. The number of carboxylic acids is 2. The maximum Gasteiger partial charge on any atom is 0.338 e. The number of fused-ring (bicyclic) bond motifs is 1. The Morgan fingerprint density at radius 2 is 1.62 bits per heavy atom. The minimum Gasteiger partial charge on any atom is -0.507 e. The van der Waals surface area contributed by atoms with Gasteiger partial charge in [-0.05, 0) is 11.5 Å². The van der Waals surface area contributed by atoms with Gasteiger partial charge in [-0.3, -0.25) is 4.55 Å². The summed E-state index contributed by atoms with van der Waals surface area (Å²) in [6, 6.07) is 5.73. The van der Waals surface area contributed by atoms with Gasteiger partial charge >= 0.3 is 11.9 Å². The molecule has 9 heteroatoms. The molecular formula is C12H7O8S. The van der Waals surface area contributed by atoms with E-state index < -0.39 is 43.8 Å². The fourth-order valence-corrected chi connectivity index (χ4v) is 2.63. The van der Waals surface area contributed by atoms with Crippen molar-refractivity contribution in [2.24, 2.45) is 0 Å². The first-order valence-corrected chi connectivity index (χ1v) is 6.73. The van der Waals surface area contributed by atoms with Crippen LogP contribution in [0.5, 0.6) is 5.75 Å². The highest BCUT2D eigenvalue weighted by Gasteiger charge is 2.30. The highest BCUT2D eigenvalue weighted by atomic mass is 32.2. The van der Waals surface area contributed by atoms with E-state index in [-0.39, 0.29) is 10.8 Å². The molecular weight excluding hydrogens is 304 g/mol. The van der Waals surface area contributed by atoms with Crippen LogP contribution < -0.4 is 0 Å². The molecule has 4 N–H and O–H groups in total. The topological polar surface area (TPSA) is 149 Å². The largest absolute Gasteiger partial charge is 0.507 e. The van der Waals surface area contributed by atoms with Gasteiger partial charge in [-0.15, -0.1) is 0 Å². The van der Waals surface area contributed by atoms with Gasteiger partial charge in [-0.25, -0.2) is 9.59 Å². The molecule has 2 rings (SSSR count). The van der Waals surface area contributed by atoms with Gasteiger partial charge in [0.15, 0.2) is 0 Å². The fourth-order valence-electron chi connectivity index (χ4n) is 1.94. The van der Waals surface area contributed by atoms with Crippen molar-refractivity contribution in [3.8, 4) is 5.75 Å². The lowest BCUT2D eigenvalue weighted by atomic mass is 9.98. The number of aromatic carboxylic acids is 2. The maximum absolute atomic E-state index is 11.3. The Labute approximate surface area is 117 Å². The van der Waals surface area contributed by atoms with Crippen molar-refractivity contribution in [2.45, 2.75) is 4.90 Å². The number of rotatable bonds is 3. The van der Waals surface area contributed by atoms with Crippen molar-refractivity contribution in [3.63, 3.8) is 0 Å². The zero-order valence-corrected chi connectivity index (χ0v) is 10.9. The van der Waals surface area contributed by atoms with Crippen LogP contribution in [-0.4, -0.2) is 40.2 Å². The summed E-state index contributed by atoms with van der Waals surface area (Å²) in [6.07, 6.45) is 0. The molecule has 0 aromatic heterocycles. The molecule has 0 aliphatic rings. The Kier molecular flexibility index (Phi) is 3.32. The predicted octanol–water partition coefficient (Wildman–Crippen LogP) is 0.989. The number of aromatic hydroxyl groups is 1. The molecule has 109 valence electrons. The van der Waals surface area contributed by atoms with Crippen molar-refractivity contribution in [1.29, 1.82) is 0 Å². The zero-order valence-electron chi connectivity index (χ0n) is 10.1. The molecule has 2 aromatic carbocycles. The molecule has 8 nitrogen and oxygen atoms in total. The normalized spacial score (nSPS) is 11.5. The average Bonchev–Trinajstić information content (AvgIpc) is 2.35. The van der Waals surface area contributed by atoms with Gasteiger partial charge in [0.05, 0.1) is 11.1 Å². The molecule has 0 heterocycles. The van der Waals surface area contributed by atoms with E-state index in [1.54, 1.807) is 0 Å². The van der Waals surface area contributed by atoms with E-state index in [4.69, 9.17) is 14.8 Å². The van der Waals surface area contributed by atoms with Gasteiger partial charge in [0.25, 0.3) is 10.1 Å². The smallest absolute Gasteiger partial charge is 0.338 e. The van der Waals surface area contributed by atoms with E-state index in [9.17, 15) is 23.1 Å². The number of phenols is 1. The molecule has 0 bridgehead atoms. The van der Waals surface area contributed by atoms with E-state index in [0.717, 1.165) is 6.07 Å². The molecule has 21 heavy (non-hydrogen) atoms. The molecule has 0 unspecified atom stereocenters. The van der Waals surface area contributed by atoms with E-state index in [0.29, 0.717) is 0 Å². The molecule has 0 fully saturated rings. The van der Waals surface area contributed by atoms with Crippen LogP contribution in [0, 0.1) is 6.07 Å². The Bertz CT molecular complexity index is 882. The number of carboxylic acid groups (broad SMARTS) is 2. The number of benzene rings is 2. The Hall–Kier alpha value is -2.65. The Balaban J connectivity index is 3.19. The monoisotopic (exact) mass is 311 g/mol. The summed E-state index contributed by atoms with van der Waals surface area (Å²) in [6.45, 7) is 0. The summed E-state index contributed by atoms with van der Waals surface area (Å²) >= 11 is 0. The summed E-state index contributed by atoms with van der Waals surface area (Å²) in [5.41, 5.74) is -2.11. The lowest BCUT2D eigenvalue weighted by molar-refractivity contribution is 0.0649. The highest BCUT2D eigenvalue weighted by Crippen LogP contribution is 2.34. The van der Waals surface area contributed by atoms with Gasteiger partial charge < -0.3 is 15.3 Å². The van der Waals surface area contributed by atoms with Crippen molar-refractivity contribution in [3.05, 3.63) is 35.4 Å². The van der Waals surface area contributed by atoms with Crippen LogP contribution in [0.25, 0.3) is 10.8 Å². The third-order valence-electron chi connectivity index (χ3n) is 2.70. The van der Waals surface area contributed by atoms with Crippen LogP contribution in [0.4, 0.5) is 0 Å². The molecule has 0 aliphatic heterocycles. The van der Waals surface area contributed by atoms with Gasteiger partial charge in [0.2, 0.25) is 0 Å². The second-order valence-electron chi connectivity index (χ2n) is 3.99. The van der Waals surface area contributed by atoms with Gasteiger partial charge in [0, 0.05) is 11.5 Å². The summed E-state index contributed by atoms with van der Waals surface area (Å²) < 4.78 is 31.6. The molecule has 0 atom stereocenters. The molecule has 0 saturated carbocycles. The number of phenolic OH excluding ortho intramolecular Hbond substituents is 1. The van der Waals surface area contributed by atoms with Crippen LogP contribution in [0.1, 0.15) is 20.7 Å². The molecule has 0 amide bonds. The summed E-state index contributed by atoms with van der Waals surface area (Å²) in [7, 11) is -5.02. The fraction of sp³-hybridized carbons (Fsp3) is 0. The molecule has 0 spiro atoms. The second kappa shape index (κ2) is 4.72. The number of hydrogen-bond acceptors (Lipinski definition) is 5. The van der Waals surface area contributed by atoms with E-state index >= 15 is 0 Å². The maximum atomic E-state index is 11.3. The predicted molar refractivity (Wildman–Crippen MR) is 68.2 cm³/mol. The Morgan fingerprint density at radius 1 is 1.05 bits per heavy atom. The molecule has 0 saturated heterocycles. The summed E-state index contributed by atoms with van der Waals surface area (Å²) in [5.74, 6) is -4.20. The lowest BCUT2D eigenvalue weighted by Crippen LogP contribution is -2.15. The van der Waals surface area contributed by atoms with Crippen LogP contribution in [-0.2, 0) is 10.1 Å². The minimum atomic E-state index is -5.02. The van der Waals surface area contributed by atoms with Gasteiger partial charge in [-0.2, -0.15) is 8.42 Å². The van der Waals surface area contributed by atoms with E-state index in [1.807, 2.05) is 0 Å². The van der Waals surface area contributed by atoms with E-state index in [2.05, 4.69) is 6.07 Å². The number of hydrogen-bond donors (Lipinski definition) is 4. The van der Waals surface area contributed by atoms with Gasteiger partial charge in [0.1, 0.15) is 10.6 Å². The third kappa shape index (κ3) is 2.39. The quantitative estimate of drug-likeness (QED) is 0.613. The van der Waals surface area contributed by atoms with Gasteiger partial charge in [-0.1, -0.05) is 12.1 Å². The first-order valence-electron chi connectivity index (χ1n) is 5.29. The van der Waals surface area contributed by atoms with Crippen LogP contribution in [0.15, 0.2) is 23.1 Å². The molecule has 1 radical (unpaired) electrons. The first kappa shape index (κ1) is 14.8. The highest BCUT2D eigenvalue weighted by molar-refractivity contribution is 7.86. The van der Waals surface area contributed by atoms with Crippen LogP contribution >= 0.6 is 0 Å². The summed E-state index contributed by atoms with van der Waals surface area (Å²) in [4.78, 5) is 21.3. The van der Waals surface area contributed by atoms with E-state index in [1.165, 1.54) is 12.1 Å².